The van der Waals surface area contributed by atoms with Crippen LogP contribution >= 0.6 is 11.6 Å². The number of fused-ring (bicyclic) bond motifs is 1. The van der Waals surface area contributed by atoms with Crippen LogP contribution in [0.5, 0.6) is 5.75 Å². The first-order chi connectivity index (χ1) is 13.0. The van der Waals surface area contributed by atoms with Gasteiger partial charge in [0.25, 0.3) is 11.8 Å². The third-order valence-corrected chi connectivity index (χ3v) is 4.28. The van der Waals surface area contributed by atoms with Gasteiger partial charge in [0.1, 0.15) is 5.75 Å². The van der Waals surface area contributed by atoms with Crippen molar-refractivity contribution >= 4 is 40.1 Å². The first kappa shape index (κ1) is 18.8. The fraction of sp³-hybridized carbons (Fsp3) is 0.200. The fourth-order valence-corrected chi connectivity index (χ4v) is 2.86. The molecule has 1 heterocycles. The average molecular weight is 387 g/mol. The second kappa shape index (κ2) is 8.14. The van der Waals surface area contributed by atoms with Crippen molar-refractivity contribution in [1.29, 1.82) is 0 Å². The van der Waals surface area contributed by atoms with Crippen molar-refractivity contribution in [3.8, 4) is 5.75 Å². The molecule has 0 aliphatic carbocycles. The highest BCUT2D eigenvalue weighted by Gasteiger charge is 2.19. The normalized spacial score (nSPS) is 10.6. The van der Waals surface area contributed by atoms with E-state index >= 15 is 0 Å². The van der Waals surface area contributed by atoms with Crippen LogP contribution in [0, 0.1) is 6.92 Å². The van der Waals surface area contributed by atoms with E-state index in [2.05, 4.69) is 10.6 Å². The van der Waals surface area contributed by atoms with Gasteiger partial charge in [-0.3, -0.25) is 9.59 Å². The molecule has 0 spiro atoms. The number of likely N-dealkylation sites (N-methyl/N-ethyl adjacent to an activating group) is 1. The predicted octanol–water partition coefficient (Wildman–Crippen LogP) is 4.16. The van der Waals surface area contributed by atoms with E-state index in [0.29, 0.717) is 28.6 Å². The van der Waals surface area contributed by atoms with E-state index in [0.717, 1.165) is 10.9 Å². The molecule has 140 valence electrons. The summed E-state index contributed by atoms with van der Waals surface area (Å²) in [6, 6.07) is 12.1. The van der Waals surface area contributed by atoms with Crippen molar-refractivity contribution in [2.75, 3.05) is 18.5 Å². The van der Waals surface area contributed by atoms with E-state index in [4.69, 9.17) is 20.8 Å². The third kappa shape index (κ3) is 4.23. The van der Waals surface area contributed by atoms with Gasteiger partial charge in [0.15, 0.2) is 18.0 Å². The largest absolute Gasteiger partial charge is 0.484 e. The summed E-state index contributed by atoms with van der Waals surface area (Å²) in [4.78, 5) is 24.0. The van der Waals surface area contributed by atoms with Gasteiger partial charge < -0.3 is 19.8 Å². The Kier molecular flexibility index (Phi) is 5.66. The Balaban J connectivity index is 1.69. The summed E-state index contributed by atoms with van der Waals surface area (Å²) in [6.07, 6.45) is 0. The molecule has 0 saturated carbocycles. The average Bonchev–Trinajstić information content (AvgIpc) is 3.00. The Morgan fingerprint density at radius 2 is 1.89 bits per heavy atom. The lowest BCUT2D eigenvalue weighted by Gasteiger charge is -2.08. The number of ether oxygens (including phenoxy) is 1. The molecule has 3 rings (SSSR count). The summed E-state index contributed by atoms with van der Waals surface area (Å²) < 4.78 is 11.0. The van der Waals surface area contributed by atoms with Crippen LogP contribution in [0.3, 0.4) is 0 Å². The van der Waals surface area contributed by atoms with Crippen molar-refractivity contribution in [3.05, 3.63) is 58.8 Å². The van der Waals surface area contributed by atoms with Crippen LogP contribution in [0.2, 0.25) is 5.02 Å². The standard InChI is InChI=1S/C20H19ClN2O4/c1-3-22-17(24)11-26-14-9-7-13(8-10-14)23-20(25)18-12(2)15-5-4-6-16(21)19(15)27-18/h4-10H,3,11H2,1-2H3,(H,22,24)(H,23,25). The molecule has 1 aromatic heterocycles. The minimum absolute atomic E-state index is 0.0571. The summed E-state index contributed by atoms with van der Waals surface area (Å²) in [5.41, 5.74) is 1.80. The van der Waals surface area contributed by atoms with Crippen molar-refractivity contribution < 1.29 is 18.7 Å². The van der Waals surface area contributed by atoms with E-state index in [1.54, 1.807) is 30.3 Å². The zero-order valence-electron chi connectivity index (χ0n) is 15.0. The van der Waals surface area contributed by atoms with E-state index in [9.17, 15) is 9.59 Å². The number of hydrogen-bond donors (Lipinski definition) is 2. The molecule has 27 heavy (non-hydrogen) atoms. The van der Waals surface area contributed by atoms with Crippen LogP contribution in [0.15, 0.2) is 46.9 Å². The number of rotatable bonds is 6. The van der Waals surface area contributed by atoms with Gasteiger partial charge in [-0.2, -0.15) is 0 Å². The zero-order chi connectivity index (χ0) is 19.4. The number of benzene rings is 2. The van der Waals surface area contributed by atoms with E-state index in [1.165, 1.54) is 0 Å². The maximum Gasteiger partial charge on any atom is 0.291 e. The van der Waals surface area contributed by atoms with Crippen LogP contribution in [-0.4, -0.2) is 25.0 Å². The Bertz CT molecular complexity index is 980. The SMILES string of the molecule is CCNC(=O)COc1ccc(NC(=O)c2oc3c(Cl)cccc3c2C)cc1. The van der Waals surface area contributed by atoms with Crippen molar-refractivity contribution in [2.45, 2.75) is 13.8 Å². The second-order valence-electron chi connectivity index (χ2n) is 5.89. The Labute approximate surface area is 161 Å². The predicted molar refractivity (Wildman–Crippen MR) is 105 cm³/mol. The number of anilines is 1. The maximum absolute atomic E-state index is 12.6. The fourth-order valence-electron chi connectivity index (χ4n) is 2.64. The number of hydrogen-bond acceptors (Lipinski definition) is 4. The number of aryl methyl sites for hydroxylation is 1. The number of furan rings is 1. The van der Waals surface area contributed by atoms with E-state index in [-0.39, 0.29) is 24.2 Å². The highest BCUT2D eigenvalue weighted by Crippen LogP contribution is 2.31. The molecule has 0 radical (unpaired) electrons. The van der Waals surface area contributed by atoms with E-state index in [1.807, 2.05) is 26.0 Å². The minimum atomic E-state index is -0.365. The summed E-state index contributed by atoms with van der Waals surface area (Å²) >= 11 is 6.13. The van der Waals surface area contributed by atoms with Gasteiger partial charge in [0.2, 0.25) is 0 Å². The minimum Gasteiger partial charge on any atom is -0.484 e. The molecule has 0 unspecified atom stereocenters. The Morgan fingerprint density at radius 1 is 1.15 bits per heavy atom. The molecule has 0 bridgehead atoms. The first-order valence-electron chi connectivity index (χ1n) is 8.48. The molecule has 6 nitrogen and oxygen atoms in total. The highest BCUT2D eigenvalue weighted by atomic mass is 35.5. The number of nitrogens with one attached hydrogen (secondary N) is 2. The zero-order valence-corrected chi connectivity index (χ0v) is 15.7. The Hall–Kier alpha value is -2.99. The van der Waals surface area contributed by atoms with Gasteiger partial charge in [-0.15, -0.1) is 0 Å². The van der Waals surface area contributed by atoms with Crippen LogP contribution in [0.1, 0.15) is 23.0 Å². The number of halogens is 1. The van der Waals surface area contributed by atoms with Crippen LogP contribution in [-0.2, 0) is 4.79 Å². The lowest BCUT2D eigenvalue weighted by atomic mass is 10.1. The topological polar surface area (TPSA) is 80.6 Å². The molecule has 0 aliphatic heterocycles. The maximum atomic E-state index is 12.6. The second-order valence-corrected chi connectivity index (χ2v) is 6.30. The van der Waals surface area contributed by atoms with Crippen LogP contribution in [0.25, 0.3) is 11.0 Å². The summed E-state index contributed by atoms with van der Waals surface area (Å²) in [5, 5.41) is 6.70. The number of para-hydroxylation sites is 1. The molecule has 0 fully saturated rings. The molecule has 2 amide bonds. The monoisotopic (exact) mass is 386 g/mol. The molecular formula is C20H19ClN2O4. The summed E-state index contributed by atoms with van der Waals surface area (Å²) in [7, 11) is 0. The molecule has 0 aliphatic rings. The molecule has 2 aromatic carbocycles. The number of carbonyl (C=O) groups is 2. The van der Waals surface area contributed by atoms with Gasteiger partial charge in [-0.1, -0.05) is 23.7 Å². The van der Waals surface area contributed by atoms with Gasteiger partial charge in [0, 0.05) is 23.2 Å². The summed E-state index contributed by atoms with van der Waals surface area (Å²) in [5.74, 6) is 0.199. The van der Waals surface area contributed by atoms with Gasteiger partial charge in [-0.05, 0) is 44.2 Å². The van der Waals surface area contributed by atoms with Gasteiger partial charge >= 0.3 is 0 Å². The third-order valence-electron chi connectivity index (χ3n) is 3.98. The van der Waals surface area contributed by atoms with Crippen LogP contribution in [0.4, 0.5) is 5.69 Å². The molecule has 2 N–H and O–H groups in total. The highest BCUT2D eigenvalue weighted by molar-refractivity contribution is 6.35. The molecule has 0 saturated heterocycles. The number of carbonyl (C=O) groups excluding carboxylic acids is 2. The van der Waals surface area contributed by atoms with E-state index < -0.39 is 0 Å². The molecule has 3 aromatic rings. The quantitative estimate of drug-likeness (QED) is 0.666. The summed E-state index contributed by atoms with van der Waals surface area (Å²) in [6.45, 7) is 4.15. The number of amides is 2. The van der Waals surface area contributed by atoms with Gasteiger partial charge in [-0.25, -0.2) is 0 Å². The molecule has 0 atom stereocenters. The lowest BCUT2D eigenvalue weighted by Crippen LogP contribution is -2.28. The smallest absolute Gasteiger partial charge is 0.291 e. The van der Waals surface area contributed by atoms with Crippen molar-refractivity contribution in [2.24, 2.45) is 0 Å². The van der Waals surface area contributed by atoms with Gasteiger partial charge in [0.05, 0.1) is 5.02 Å². The van der Waals surface area contributed by atoms with Crippen molar-refractivity contribution in [3.63, 3.8) is 0 Å². The van der Waals surface area contributed by atoms with Crippen molar-refractivity contribution in [1.82, 2.24) is 5.32 Å². The van der Waals surface area contributed by atoms with Crippen LogP contribution < -0.4 is 15.4 Å². The Morgan fingerprint density at radius 3 is 2.56 bits per heavy atom. The molecular weight excluding hydrogens is 368 g/mol. The first-order valence-corrected chi connectivity index (χ1v) is 8.86. The lowest BCUT2D eigenvalue weighted by molar-refractivity contribution is -0.122. The molecule has 7 heteroatoms.